The maximum Gasteiger partial charge on any atom is 0.270 e. The van der Waals surface area contributed by atoms with Crippen LogP contribution in [-0.4, -0.2) is 23.6 Å². The van der Waals surface area contributed by atoms with Gasteiger partial charge in [0.1, 0.15) is 11.5 Å². The van der Waals surface area contributed by atoms with E-state index in [0.29, 0.717) is 17.1 Å². The fourth-order valence-corrected chi connectivity index (χ4v) is 2.71. The van der Waals surface area contributed by atoms with Crippen molar-refractivity contribution in [3.8, 4) is 11.3 Å². The molecular formula is C20H17ClN4O4. The Morgan fingerprint density at radius 3 is 2.66 bits per heavy atom. The Bertz CT molecular complexity index is 1060. The van der Waals surface area contributed by atoms with Gasteiger partial charge in [0.05, 0.1) is 22.7 Å². The molecule has 0 atom stereocenters. The summed E-state index contributed by atoms with van der Waals surface area (Å²) >= 11 is 6.10. The highest BCUT2D eigenvalue weighted by atomic mass is 35.5. The molecule has 148 valence electrons. The smallest absolute Gasteiger partial charge is 0.270 e. The number of carbonyl (C=O) groups excluding carboxylic acids is 1. The number of amides is 1. The third-order valence-corrected chi connectivity index (χ3v) is 4.25. The van der Waals surface area contributed by atoms with Gasteiger partial charge in [-0.25, -0.2) is 5.43 Å². The van der Waals surface area contributed by atoms with Crippen molar-refractivity contribution in [1.29, 1.82) is 0 Å². The summed E-state index contributed by atoms with van der Waals surface area (Å²) in [4.78, 5) is 22.1. The molecule has 0 unspecified atom stereocenters. The number of nitrogens with zero attached hydrogens (tertiary/aromatic N) is 2. The molecule has 8 nitrogen and oxygen atoms in total. The van der Waals surface area contributed by atoms with Crippen molar-refractivity contribution in [2.24, 2.45) is 5.10 Å². The van der Waals surface area contributed by atoms with Crippen molar-refractivity contribution in [3.05, 3.63) is 81.1 Å². The fourth-order valence-electron chi connectivity index (χ4n) is 2.45. The van der Waals surface area contributed by atoms with Crippen LogP contribution in [0.3, 0.4) is 0 Å². The van der Waals surface area contributed by atoms with Gasteiger partial charge in [0.25, 0.3) is 11.6 Å². The van der Waals surface area contributed by atoms with Crippen molar-refractivity contribution in [1.82, 2.24) is 5.43 Å². The number of rotatable bonds is 7. The van der Waals surface area contributed by atoms with E-state index in [1.165, 1.54) is 24.4 Å². The molecule has 0 spiro atoms. The SMILES string of the molecule is Cc1ccc(NCC(=O)N/N=C\c2ccc(-c3ccc([N+](=O)[O-])cc3Cl)o2)cc1. The summed E-state index contributed by atoms with van der Waals surface area (Å²) in [6, 6.07) is 15.1. The third-order valence-electron chi connectivity index (χ3n) is 3.94. The van der Waals surface area contributed by atoms with Crippen molar-refractivity contribution < 1.29 is 14.1 Å². The Labute approximate surface area is 171 Å². The van der Waals surface area contributed by atoms with Gasteiger partial charge in [0.2, 0.25) is 0 Å². The van der Waals surface area contributed by atoms with E-state index in [1.54, 1.807) is 12.1 Å². The summed E-state index contributed by atoms with van der Waals surface area (Å²) in [6.07, 6.45) is 1.35. The quantitative estimate of drug-likeness (QED) is 0.340. The van der Waals surface area contributed by atoms with Crippen molar-refractivity contribution in [2.45, 2.75) is 6.92 Å². The number of hydrogen-bond acceptors (Lipinski definition) is 6. The average Bonchev–Trinajstić information content (AvgIpc) is 3.16. The number of furan rings is 1. The van der Waals surface area contributed by atoms with Gasteiger partial charge in [-0.05, 0) is 37.3 Å². The molecule has 0 aliphatic heterocycles. The standard InChI is InChI=1S/C20H17ClN4O4/c1-13-2-4-14(5-3-13)22-12-20(26)24-23-11-16-7-9-19(29-16)17-8-6-15(25(27)28)10-18(17)21/h2-11,22H,12H2,1H3,(H,24,26)/b23-11-. The predicted molar refractivity (Wildman–Crippen MR) is 111 cm³/mol. The molecule has 0 bridgehead atoms. The second-order valence-electron chi connectivity index (χ2n) is 6.14. The molecule has 3 rings (SSSR count). The van der Waals surface area contributed by atoms with Crippen LogP contribution in [0.5, 0.6) is 0 Å². The van der Waals surface area contributed by atoms with Crippen molar-refractivity contribution in [3.63, 3.8) is 0 Å². The average molecular weight is 413 g/mol. The number of carbonyl (C=O) groups is 1. The minimum absolute atomic E-state index is 0.0716. The Kier molecular flexibility index (Phi) is 6.25. The van der Waals surface area contributed by atoms with Gasteiger partial charge in [0, 0.05) is 23.4 Å². The van der Waals surface area contributed by atoms with E-state index in [2.05, 4.69) is 15.8 Å². The van der Waals surface area contributed by atoms with Crippen molar-refractivity contribution in [2.75, 3.05) is 11.9 Å². The van der Waals surface area contributed by atoms with Crippen LogP contribution in [-0.2, 0) is 4.79 Å². The molecular weight excluding hydrogens is 396 g/mol. The number of nitro groups is 1. The first-order valence-corrected chi connectivity index (χ1v) is 8.97. The number of non-ortho nitro benzene ring substituents is 1. The number of hydrogen-bond donors (Lipinski definition) is 2. The predicted octanol–water partition coefficient (Wildman–Crippen LogP) is 4.38. The Hall–Kier alpha value is -3.65. The summed E-state index contributed by atoms with van der Waals surface area (Å²) < 4.78 is 5.60. The third kappa shape index (κ3) is 5.43. The molecule has 0 aliphatic rings. The van der Waals surface area contributed by atoms with Crippen LogP contribution >= 0.6 is 11.6 Å². The number of nitro benzene ring substituents is 1. The molecule has 0 saturated carbocycles. The lowest BCUT2D eigenvalue weighted by Gasteiger charge is -2.05. The normalized spacial score (nSPS) is 10.8. The van der Waals surface area contributed by atoms with E-state index < -0.39 is 4.92 Å². The maximum absolute atomic E-state index is 11.8. The number of benzene rings is 2. The highest BCUT2D eigenvalue weighted by molar-refractivity contribution is 6.33. The van der Waals surface area contributed by atoms with Crippen LogP contribution in [0.1, 0.15) is 11.3 Å². The van der Waals surface area contributed by atoms with Gasteiger partial charge in [-0.3, -0.25) is 14.9 Å². The van der Waals surface area contributed by atoms with Gasteiger partial charge in [0.15, 0.2) is 0 Å². The molecule has 29 heavy (non-hydrogen) atoms. The maximum atomic E-state index is 11.8. The van der Waals surface area contributed by atoms with E-state index in [-0.39, 0.29) is 23.2 Å². The van der Waals surface area contributed by atoms with Gasteiger partial charge >= 0.3 is 0 Å². The number of nitrogens with one attached hydrogen (secondary N) is 2. The lowest BCUT2D eigenvalue weighted by molar-refractivity contribution is -0.384. The Morgan fingerprint density at radius 1 is 1.21 bits per heavy atom. The zero-order chi connectivity index (χ0) is 20.8. The molecule has 0 aliphatic carbocycles. The van der Waals surface area contributed by atoms with E-state index in [9.17, 15) is 14.9 Å². The van der Waals surface area contributed by atoms with Gasteiger partial charge in [-0.1, -0.05) is 29.3 Å². The molecule has 3 aromatic rings. The monoisotopic (exact) mass is 412 g/mol. The minimum Gasteiger partial charge on any atom is -0.455 e. The van der Waals surface area contributed by atoms with E-state index in [1.807, 2.05) is 31.2 Å². The number of anilines is 1. The minimum atomic E-state index is -0.522. The van der Waals surface area contributed by atoms with Gasteiger partial charge < -0.3 is 9.73 Å². The molecule has 9 heteroatoms. The van der Waals surface area contributed by atoms with Gasteiger partial charge in [-0.15, -0.1) is 0 Å². The Balaban J connectivity index is 1.55. The molecule has 2 aromatic carbocycles. The summed E-state index contributed by atoms with van der Waals surface area (Å²) in [5, 5.41) is 17.8. The first kappa shape index (κ1) is 20.1. The second-order valence-corrected chi connectivity index (χ2v) is 6.54. The van der Waals surface area contributed by atoms with Crippen LogP contribution < -0.4 is 10.7 Å². The summed E-state index contributed by atoms with van der Waals surface area (Å²) in [5.74, 6) is 0.506. The molecule has 0 radical (unpaired) electrons. The van der Waals surface area contributed by atoms with E-state index in [0.717, 1.165) is 11.3 Å². The van der Waals surface area contributed by atoms with E-state index >= 15 is 0 Å². The first-order valence-electron chi connectivity index (χ1n) is 8.59. The largest absolute Gasteiger partial charge is 0.455 e. The van der Waals surface area contributed by atoms with Gasteiger partial charge in [-0.2, -0.15) is 5.10 Å². The summed E-state index contributed by atoms with van der Waals surface area (Å²) in [7, 11) is 0. The topological polar surface area (TPSA) is 110 Å². The van der Waals surface area contributed by atoms with Crippen LogP contribution in [0.15, 0.2) is 64.1 Å². The Morgan fingerprint density at radius 2 is 1.97 bits per heavy atom. The van der Waals surface area contributed by atoms with Crippen LogP contribution in [0.2, 0.25) is 5.02 Å². The van der Waals surface area contributed by atoms with Crippen LogP contribution in [0, 0.1) is 17.0 Å². The molecule has 1 heterocycles. The molecule has 0 saturated heterocycles. The van der Waals surface area contributed by atoms with E-state index in [4.69, 9.17) is 16.0 Å². The van der Waals surface area contributed by atoms with Crippen LogP contribution in [0.25, 0.3) is 11.3 Å². The van der Waals surface area contributed by atoms with Crippen molar-refractivity contribution >= 4 is 35.1 Å². The first-order chi connectivity index (χ1) is 13.9. The number of halogens is 1. The molecule has 2 N–H and O–H groups in total. The summed E-state index contributed by atoms with van der Waals surface area (Å²) in [6.45, 7) is 2.06. The lowest BCUT2D eigenvalue weighted by Crippen LogP contribution is -2.25. The highest BCUT2D eigenvalue weighted by Crippen LogP contribution is 2.31. The molecule has 0 fully saturated rings. The second kappa shape index (κ2) is 9.03. The highest BCUT2D eigenvalue weighted by Gasteiger charge is 2.13. The molecule has 1 amide bonds. The zero-order valence-corrected chi connectivity index (χ0v) is 16.1. The molecule has 1 aromatic heterocycles. The fraction of sp³-hybridized carbons (Fsp3) is 0.100. The lowest BCUT2D eigenvalue weighted by atomic mass is 10.1. The zero-order valence-electron chi connectivity index (χ0n) is 15.4. The number of hydrazone groups is 1. The van der Waals surface area contributed by atoms with Crippen LogP contribution in [0.4, 0.5) is 11.4 Å². The number of aryl methyl sites for hydroxylation is 1. The summed E-state index contributed by atoms with van der Waals surface area (Å²) in [5.41, 5.74) is 4.79.